The number of piperidine rings is 1. The van der Waals surface area contributed by atoms with E-state index in [-0.39, 0.29) is 11.8 Å². The molecule has 1 aliphatic heterocycles. The maximum atomic E-state index is 11.6. The van der Waals surface area contributed by atoms with Gasteiger partial charge < -0.3 is 10.2 Å². The van der Waals surface area contributed by atoms with Gasteiger partial charge in [-0.25, -0.2) is 4.98 Å². The Balaban J connectivity index is 1.85. The second-order valence-corrected chi connectivity index (χ2v) is 5.70. The minimum atomic E-state index is 0.0518. The first kappa shape index (κ1) is 14.1. The molecule has 0 atom stereocenters. The highest BCUT2D eigenvalue weighted by molar-refractivity contribution is 6.30. The molecule has 1 amide bonds. The van der Waals surface area contributed by atoms with E-state index in [0.29, 0.717) is 11.1 Å². The summed E-state index contributed by atoms with van der Waals surface area (Å²) in [6.45, 7) is 5.67. The summed E-state index contributed by atoms with van der Waals surface area (Å²) < 4.78 is 0. The van der Waals surface area contributed by atoms with E-state index in [1.54, 1.807) is 6.20 Å². The molecule has 0 unspecified atom stereocenters. The number of nitrogens with zero attached hydrogens (tertiary/aromatic N) is 2. The quantitative estimate of drug-likeness (QED) is 0.926. The molecule has 1 saturated heterocycles. The number of hydrogen-bond donors (Lipinski definition) is 1. The van der Waals surface area contributed by atoms with Gasteiger partial charge in [-0.2, -0.15) is 0 Å². The standard InChI is InChI=1S/C14H20ClN3O/c1-10(2)14(19)17-12-5-7-18(8-6-12)13-4-3-11(15)9-16-13/h3-4,9-10,12H,5-8H2,1-2H3,(H,17,19). The summed E-state index contributed by atoms with van der Waals surface area (Å²) in [5.41, 5.74) is 0. The van der Waals surface area contributed by atoms with E-state index < -0.39 is 0 Å². The van der Waals surface area contributed by atoms with Crippen molar-refractivity contribution in [2.24, 2.45) is 5.92 Å². The van der Waals surface area contributed by atoms with Crippen molar-refractivity contribution in [1.82, 2.24) is 10.3 Å². The molecule has 1 fully saturated rings. The van der Waals surface area contributed by atoms with E-state index in [1.165, 1.54) is 0 Å². The van der Waals surface area contributed by atoms with Crippen molar-refractivity contribution in [2.75, 3.05) is 18.0 Å². The Hall–Kier alpha value is -1.29. The van der Waals surface area contributed by atoms with Crippen molar-refractivity contribution < 1.29 is 4.79 Å². The molecule has 2 heterocycles. The predicted octanol–water partition coefficient (Wildman–Crippen LogP) is 2.48. The third-order valence-electron chi connectivity index (χ3n) is 3.40. The molecule has 0 spiro atoms. The van der Waals surface area contributed by atoms with Crippen LogP contribution in [0.2, 0.25) is 5.02 Å². The number of carbonyl (C=O) groups excluding carboxylic acids is 1. The van der Waals surface area contributed by atoms with Gasteiger partial charge in [-0.05, 0) is 25.0 Å². The topological polar surface area (TPSA) is 45.2 Å². The van der Waals surface area contributed by atoms with Crippen molar-refractivity contribution in [3.8, 4) is 0 Å². The highest BCUT2D eigenvalue weighted by Crippen LogP contribution is 2.19. The Morgan fingerprint density at radius 2 is 2.11 bits per heavy atom. The fourth-order valence-electron chi connectivity index (χ4n) is 2.18. The van der Waals surface area contributed by atoms with Crippen LogP contribution < -0.4 is 10.2 Å². The summed E-state index contributed by atoms with van der Waals surface area (Å²) in [5, 5.41) is 3.75. The number of hydrogen-bond acceptors (Lipinski definition) is 3. The minimum absolute atomic E-state index is 0.0518. The zero-order valence-electron chi connectivity index (χ0n) is 11.4. The van der Waals surface area contributed by atoms with Crippen molar-refractivity contribution in [1.29, 1.82) is 0 Å². The Bertz CT molecular complexity index is 425. The SMILES string of the molecule is CC(C)C(=O)NC1CCN(c2ccc(Cl)cn2)CC1. The lowest BCUT2D eigenvalue weighted by atomic mass is 10.0. The fraction of sp³-hybridized carbons (Fsp3) is 0.571. The van der Waals surface area contributed by atoms with Crippen LogP contribution in [0.5, 0.6) is 0 Å². The van der Waals surface area contributed by atoms with Crippen molar-refractivity contribution >= 4 is 23.3 Å². The van der Waals surface area contributed by atoms with Crippen LogP contribution in [-0.4, -0.2) is 30.0 Å². The first-order valence-corrected chi connectivity index (χ1v) is 7.11. The van der Waals surface area contributed by atoms with Crippen LogP contribution in [0.3, 0.4) is 0 Å². The molecule has 1 aromatic rings. The molecule has 19 heavy (non-hydrogen) atoms. The molecule has 0 saturated carbocycles. The van der Waals surface area contributed by atoms with Crippen LogP contribution in [0.4, 0.5) is 5.82 Å². The average Bonchev–Trinajstić information content (AvgIpc) is 2.40. The number of pyridine rings is 1. The molecule has 104 valence electrons. The molecule has 0 aromatic carbocycles. The van der Waals surface area contributed by atoms with Gasteiger partial charge in [-0.1, -0.05) is 25.4 Å². The Morgan fingerprint density at radius 1 is 1.42 bits per heavy atom. The van der Waals surface area contributed by atoms with Crippen LogP contribution in [-0.2, 0) is 4.79 Å². The van der Waals surface area contributed by atoms with Gasteiger partial charge in [-0.15, -0.1) is 0 Å². The molecule has 5 heteroatoms. The highest BCUT2D eigenvalue weighted by Gasteiger charge is 2.22. The van der Waals surface area contributed by atoms with Gasteiger partial charge in [0.25, 0.3) is 0 Å². The van der Waals surface area contributed by atoms with E-state index in [0.717, 1.165) is 31.7 Å². The second kappa shape index (κ2) is 6.24. The number of rotatable bonds is 3. The number of anilines is 1. The third-order valence-corrected chi connectivity index (χ3v) is 3.63. The van der Waals surface area contributed by atoms with E-state index in [9.17, 15) is 4.79 Å². The van der Waals surface area contributed by atoms with Gasteiger partial charge in [-0.3, -0.25) is 4.79 Å². The molecule has 2 rings (SSSR count). The molecular weight excluding hydrogens is 262 g/mol. The Labute approximate surface area is 119 Å². The summed E-state index contributed by atoms with van der Waals surface area (Å²) in [6.07, 6.45) is 3.59. The van der Waals surface area contributed by atoms with Gasteiger partial charge in [0.1, 0.15) is 5.82 Å². The molecular formula is C14H20ClN3O. The molecule has 1 aliphatic rings. The van der Waals surface area contributed by atoms with Crippen LogP contribution in [0, 0.1) is 5.92 Å². The number of halogens is 1. The molecule has 0 radical (unpaired) electrons. The lowest BCUT2D eigenvalue weighted by Crippen LogP contribution is -2.46. The number of nitrogens with one attached hydrogen (secondary N) is 1. The number of amides is 1. The summed E-state index contributed by atoms with van der Waals surface area (Å²) >= 11 is 5.83. The van der Waals surface area contributed by atoms with Crippen molar-refractivity contribution in [3.05, 3.63) is 23.4 Å². The van der Waals surface area contributed by atoms with Crippen molar-refractivity contribution in [3.63, 3.8) is 0 Å². The van der Waals surface area contributed by atoms with Gasteiger partial charge in [0.2, 0.25) is 5.91 Å². The smallest absolute Gasteiger partial charge is 0.222 e. The van der Waals surface area contributed by atoms with Crippen LogP contribution in [0.1, 0.15) is 26.7 Å². The summed E-state index contributed by atoms with van der Waals surface area (Å²) in [4.78, 5) is 18.2. The van der Waals surface area contributed by atoms with Gasteiger partial charge in [0.05, 0.1) is 5.02 Å². The molecule has 4 nitrogen and oxygen atoms in total. The van der Waals surface area contributed by atoms with E-state index in [1.807, 2.05) is 26.0 Å². The molecule has 0 bridgehead atoms. The minimum Gasteiger partial charge on any atom is -0.356 e. The number of aromatic nitrogens is 1. The third kappa shape index (κ3) is 3.83. The summed E-state index contributed by atoms with van der Waals surface area (Å²) in [5.74, 6) is 1.15. The normalized spacial score (nSPS) is 16.7. The van der Waals surface area contributed by atoms with Gasteiger partial charge in [0.15, 0.2) is 0 Å². The van der Waals surface area contributed by atoms with Crippen LogP contribution in [0.25, 0.3) is 0 Å². The van der Waals surface area contributed by atoms with Crippen LogP contribution >= 0.6 is 11.6 Å². The van der Waals surface area contributed by atoms with Crippen LogP contribution in [0.15, 0.2) is 18.3 Å². The largest absolute Gasteiger partial charge is 0.356 e. The fourth-order valence-corrected chi connectivity index (χ4v) is 2.29. The lowest BCUT2D eigenvalue weighted by molar-refractivity contribution is -0.124. The zero-order chi connectivity index (χ0) is 13.8. The maximum absolute atomic E-state index is 11.6. The lowest BCUT2D eigenvalue weighted by Gasteiger charge is -2.33. The van der Waals surface area contributed by atoms with Gasteiger partial charge >= 0.3 is 0 Å². The number of carbonyl (C=O) groups is 1. The second-order valence-electron chi connectivity index (χ2n) is 5.26. The monoisotopic (exact) mass is 281 g/mol. The zero-order valence-corrected chi connectivity index (χ0v) is 12.2. The average molecular weight is 282 g/mol. The van der Waals surface area contributed by atoms with Crippen molar-refractivity contribution in [2.45, 2.75) is 32.7 Å². The Morgan fingerprint density at radius 3 is 2.63 bits per heavy atom. The predicted molar refractivity (Wildman–Crippen MR) is 77.5 cm³/mol. The van der Waals surface area contributed by atoms with E-state index in [4.69, 9.17) is 11.6 Å². The van der Waals surface area contributed by atoms with E-state index >= 15 is 0 Å². The van der Waals surface area contributed by atoms with Gasteiger partial charge in [0, 0.05) is 31.2 Å². The highest BCUT2D eigenvalue weighted by atomic mass is 35.5. The molecule has 0 aliphatic carbocycles. The molecule has 1 N–H and O–H groups in total. The first-order chi connectivity index (χ1) is 9.06. The summed E-state index contributed by atoms with van der Waals surface area (Å²) in [7, 11) is 0. The van der Waals surface area contributed by atoms with E-state index in [2.05, 4.69) is 15.2 Å². The Kier molecular flexibility index (Phi) is 4.64. The first-order valence-electron chi connectivity index (χ1n) is 6.73. The molecule has 1 aromatic heterocycles. The summed E-state index contributed by atoms with van der Waals surface area (Å²) in [6, 6.07) is 4.09. The maximum Gasteiger partial charge on any atom is 0.222 e.